The summed E-state index contributed by atoms with van der Waals surface area (Å²) in [5, 5.41) is 3.05. The van der Waals surface area contributed by atoms with Crippen molar-refractivity contribution in [2.75, 3.05) is 33.2 Å². The SMILES string of the molecule is CN(CCCNC(=O)c1cccc(OC2CCN(Cc3cccc(-c4ccc(F)cc4)c3)CC2)c1)Cc1ccccc1. The van der Waals surface area contributed by atoms with E-state index in [9.17, 15) is 9.18 Å². The molecule has 0 bridgehead atoms. The zero-order valence-electron chi connectivity index (χ0n) is 24.3. The lowest BCUT2D eigenvalue weighted by molar-refractivity contribution is 0.0935. The van der Waals surface area contributed by atoms with E-state index in [-0.39, 0.29) is 17.8 Å². The molecule has 42 heavy (non-hydrogen) atoms. The molecule has 6 heteroatoms. The van der Waals surface area contributed by atoms with Crippen molar-refractivity contribution in [3.63, 3.8) is 0 Å². The highest BCUT2D eigenvalue weighted by Crippen LogP contribution is 2.24. The van der Waals surface area contributed by atoms with Crippen LogP contribution in [0.25, 0.3) is 11.1 Å². The topological polar surface area (TPSA) is 44.8 Å². The van der Waals surface area contributed by atoms with Crippen LogP contribution in [0.1, 0.15) is 40.7 Å². The van der Waals surface area contributed by atoms with Gasteiger partial charge in [-0.1, -0.05) is 66.7 Å². The molecule has 1 aliphatic rings. The maximum Gasteiger partial charge on any atom is 0.251 e. The zero-order chi connectivity index (χ0) is 29.1. The average molecular weight is 566 g/mol. The number of benzene rings is 4. The number of hydrogen-bond acceptors (Lipinski definition) is 4. The molecule has 1 heterocycles. The molecule has 1 aliphatic heterocycles. The number of carbonyl (C=O) groups excluding carboxylic acids is 1. The Balaban J connectivity index is 1.04. The monoisotopic (exact) mass is 565 g/mol. The predicted octanol–water partition coefficient (Wildman–Crippen LogP) is 6.79. The van der Waals surface area contributed by atoms with Crippen LogP contribution in [0.15, 0.2) is 103 Å². The van der Waals surface area contributed by atoms with Crippen LogP contribution in [0.3, 0.4) is 0 Å². The Labute approximate surface area is 248 Å². The van der Waals surface area contributed by atoms with E-state index >= 15 is 0 Å². The van der Waals surface area contributed by atoms with Crippen molar-refractivity contribution in [2.45, 2.75) is 38.5 Å². The van der Waals surface area contributed by atoms with E-state index in [1.165, 1.54) is 23.3 Å². The average Bonchev–Trinajstić information content (AvgIpc) is 3.01. The number of piperidine rings is 1. The lowest BCUT2D eigenvalue weighted by Gasteiger charge is -2.32. The molecule has 0 atom stereocenters. The highest BCUT2D eigenvalue weighted by atomic mass is 19.1. The second-order valence-electron chi connectivity index (χ2n) is 11.2. The molecule has 0 unspecified atom stereocenters. The molecule has 0 spiro atoms. The third-order valence-electron chi connectivity index (χ3n) is 7.74. The van der Waals surface area contributed by atoms with Crippen LogP contribution in [0.2, 0.25) is 0 Å². The molecular weight excluding hydrogens is 525 g/mol. The lowest BCUT2D eigenvalue weighted by atomic mass is 10.0. The fourth-order valence-corrected chi connectivity index (χ4v) is 5.47. The molecule has 1 fully saturated rings. The minimum Gasteiger partial charge on any atom is -0.490 e. The summed E-state index contributed by atoms with van der Waals surface area (Å²) in [6.45, 7) is 5.22. The third kappa shape index (κ3) is 8.75. The minimum absolute atomic E-state index is 0.0659. The van der Waals surface area contributed by atoms with Crippen molar-refractivity contribution in [1.82, 2.24) is 15.1 Å². The third-order valence-corrected chi connectivity index (χ3v) is 7.74. The van der Waals surface area contributed by atoms with Gasteiger partial charge in [-0.3, -0.25) is 9.69 Å². The van der Waals surface area contributed by atoms with Crippen LogP contribution < -0.4 is 10.1 Å². The summed E-state index contributed by atoms with van der Waals surface area (Å²) in [5.74, 6) is 0.462. The summed E-state index contributed by atoms with van der Waals surface area (Å²) in [4.78, 5) is 17.5. The standard InChI is InChI=1S/C36H40FN3O2/c1-39(26-28-8-3-2-4-9-28)21-7-20-38-36(41)32-12-6-13-35(25-32)42-34-18-22-40(23-19-34)27-29-10-5-11-31(24-29)30-14-16-33(37)17-15-30/h2-6,8-17,24-25,34H,7,18-23,26-27H2,1H3,(H,38,41). The number of nitrogens with one attached hydrogen (secondary N) is 1. The molecule has 1 N–H and O–H groups in total. The van der Waals surface area contributed by atoms with Gasteiger partial charge in [0.05, 0.1) is 0 Å². The van der Waals surface area contributed by atoms with Gasteiger partial charge < -0.3 is 15.0 Å². The van der Waals surface area contributed by atoms with Crippen LogP contribution in [-0.4, -0.2) is 55.0 Å². The molecule has 218 valence electrons. The fraction of sp³-hybridized carbons (Fsp3) is 0.306. The maximum atomic E-state index is 13.3. The van der Waals surface area contributed by atoms with Crippen molar-refractivity contribution >= 4 is 5.91 Å². The Morgan fingerprint density at radius 1 is 0.881 bits per heavy atom. The van der Waals surface area contributed by atoms with Crippen LogP contribution >= 0.6 is 0 Å². The van der Waals surface area contributed by atoms with Crippen molar-refractivity contribution < 1.29 is 13.9 Å². The van der Waals surface area contributed by atoms with E-state index in [0.717, 1.165) is 68.9 Å². The van der Waals surface area contributed by atoms with Gasteiger partial charge in [-0.2, -0.15) is 0 Å². The first kappa shape index (κ1) is 29.5. The molecule has 0 saturated carbocycles. The van der Waals surface area contributed by atoms with E-state index in [0.29, 0.717) is 12.1 Å². The summed E-state index contributed by atoms with van der Waals surface area (Å²) >= 11 is 0. The number of carbonyl (C=O) groups is 1. The van der Waals surface area contributed by atoms with Gasteiger partial charge in [0.15, 0.2) is 0 Å². The number of hydrogen-bond donors (Lipinski definition) is 1. The summed E-state index contributed by atoms with van der Waals surface area (Å²) in [5.41, 5.74) is 5.29. The molecule has 0 aromatic heterocycles. The van der Waals surface area contributed by atoms with Crippen LogP contribution in [0.5, 0.6) is 5.75 Å². The number of amides is 1. The van der Waals surface area contributed by atoms with Gasteiger partial charge in [-0.15, -0.1) is 0 Å². The number of likely N-dealkylation sites (tertiary alicyclic amines) is 1. The first-order valence-corrected chi connectivity index (χ1v) is 14.9. The van der Waals surface area contributed by atoms with Crippen LogP contribution in [-0.2, 0) is 13.1 Å². The van der Waals surface area contributed by atoms with E-state index in [2.05, 4.69) is 70.7 Å². The molecule has 4 aromatic carbocycles. The predicted molar refractivity (Wildman–Crippen MR) is 167 cm³/mol. The van der Waals surface area contributed by atoms with Gasteiger partial charge in [0, 0.05) is 38.3 Å². The Hall–Kier alpha value is -4.00. The highest BCUT2D eigenvalue weighted by molar-refractivity contribution is 5.94. The Morgan fingerprint density at radius 2 is 1.62 bits per heavy atom. The molecule has 4 aromatic rings. The first-order valence-electron chi connectivity index (χ1n) is 14.9. The first-order chi connectivity index (χ1) is 20.5. The number of rotatable bonds is 12. The second-order valence-corrected chi connectivity index (χ2v) is 11.2. The van der Waals surface area contributed by atoms with Crippen molar-refractivity contribution in [1.29, 1.82) is 0 Å². The molecule has 1 saturated heterocycles. The van der Waals surface area contributed by atoms with Gasteiger partial charge in [-0.25, -0.2) is 4.39 Å². The molecule has 1 amide bonds. The van der Waals surface area contributed by atoms with Gasteiger partial charge in [-0.05, 0) is 91.5 Å². The summed E-state index contributed by atoms with van der Waals surface area (Å²) in [6.07, 6.45) is 2.89. The number of ether oxygens (including phenoxy) is 1. The molecular formula is C36H40FN3O2. The number of halogens is 1. The minimum atomic E-state index is -0.219. The smallest absolute Gasteiger partial charge is 0.251 e. The molecule has 0 radical (unpaired) electrons. The molecule has 5 nitrogen and oxygen atoms in total. The van der Waals surface area contributed by atoms with Gasteiger partial charge in [0.2, 0.25) is 0 Å². The van der Waals surface area contributed by atoms with Gasteiger partial charge in [0.1, 0.15) is 17.7 Å². The summed E-state index contributed by atoms with van der Waals surface area (Å²) < 4.78 is 19.6. The Kier molecular flexibility index (Phi) is 10.4. The second kappa shape index (κ2) is 14.8. The normalized spacial score (nSPS) is 14.2. The van der Waals surface area contributed by atoms with E-state index in [1.54, 1.807) is 0 Å². The van der Waals surface area contributed by atoms with Crippen molar-refractivity contribution in [3.8, 4) is 16.9 Å². The quantitative estimate of drug-likeness (QED) is 0.192. The Bertz CT molecular complexity index is 1420. The van der Waals surface area contributed by atoms with Crippen molar-refractivity contribution in [3.05, 3.63) is 126 Å². The van der Waals surface area contributed by atoms with Crippen molar-refractivity contribution in [2.24, 2.45) is 0 Å². The fourth-order valence-electron chi connectivity index (χ4n) is 5.47. The van der Waals surface area contributed by atoms with E-state index in [1.807, 2.05) is 42.5 Å². The molecule has 5 rings (SSSR count). The number of nitrogens with zero attached hydrogens (tertiary/aromatic N) is 2. The van der Waals surface area contributed by atoms with Gasteiger partial charge >= 0.3 is 0 Å². The zero-order valence-corrected chi connectivity index (χ0v) is 24.3. The van der Waals surface area contributed by atoms with Gasteiger partial charge in [0.25, 0.3) is 5.91 Å². The Morgan fingerprint density at radius 3 is 2.40 bits per heavy atom. The summed E-state index contributed by atoms with van der Waals surface area (Å²) in [7, 11) is 2.10. The van der Waals surface area contributed by atoms with Crippen LogP contribution in [0.4, 0.5) is 4.39 Å². The van der Waals surface area contributed by atoms with Crippen LogP contribution in [0, 0.1) is 5.82 Å². The highest BCUT2D eigenvalue weighted by Gasteiger charge is 2.21. The lowest BCUT2D eigenvalue weighted by Crippen LogP contribution is -2.37. The summed E-state index contributed by atoms with van der Waals surface area (Å²) in [6, 6.07) is 33.1. The molecule has 0 aliphatic carbocycles. The largest absolute Gasteiger partial charge is 0.490 e. The maximum absolute atomic E-state index is 13.3. The van der Waals surface area contributed by atoms with E-state index in [4.69, 9.17) is 4.74 Å². The van der Waals surface area contributed by atoms with E-state index < -0.39 is 0 Å².